The van der Waals surface area contributed by atoms with E-state index in [9.17, 15) is 13.2 Å². The second-order valence-electron chi connectivity index (χ2n) is 10.6. The van der Waals surface area contributed by atoms with E-state index in [0.717, 1.165) is 70.1 Å². The van der Waals surface area contributed by atoms with Crippen LogP contribution in [0.2, 0.25) is 0 Å². The number of aryl methyl sites for hydroxylation is 2. The van der Waals surface area contributed by atoms with E-state index >= 15 is 0 Å². The van der Waals surface area contributed by atoms with Gasteiger partial charge in [-0.15, -0.1) is 0 Å². The molecule has 6 rings (SSSR count). The Labute approximate surface area is 239 Å². The summed E-state index contributed by atoms with van der Waals surface area (Å²) in [5.74, 6) is 0. The van der Waals surface area contributed by atoms with E-state index in [2.05, 4.69) is 33.0 Å². The Morgan fingerprint density at radius 3 is 2.06 bits per heavy atom. The third-order valence-corrected chi connectivity index (χ3v) is 10.3. The van der Waals surface area contributed by atoms with Crippen LogP contribution in [0.4, 0.5) is 10.5 Å². The van der Waals surface area contributed by atoms with Crippen molar-refractivity contribution in [2.45, 2.75) is 87.6 Å². The first-order valence-electron chi connectivity index (χ1n) is 12.3. The number of likely N-dealkylation sites (tertiary alicyclic amines) is 1. The van der Waals surface area contributed by atoms with E-state index < -0.39 is 21.3 Å². The minimum atomic E-state index is -3.70. The standard InChI is InChI=1S/C24H34N4O3S.K/c1-27-13-19(14-27)28-17-8-9-18(28)12-20(11-17)32(30,31)26-24(29)25-23-21-6-2-4-15(21)10-16-5-3-7-22(16)23;/h10,17-20H,2-9,11-14H2,1H3,(H2,25,26,29);. The van der Waals surface area contributed by atoms with Gasteiger partial charge in [-0.3, -0.25) is 4.90 Å². The van der Waals surface area contributed by atoms with Gasteiger partial charge in [0.1, 0.15) is 0 Å². The van der Waals surface area contributed by atoms with Crippen molar-refractivity contribution in [3.05, 3.63) is 28.3 Å². The Kier molecular flexibility index (Phi) is 7.08. The van der Waals surface area contributed by atoms with Crippen LogP contribution in [-0.4, -0.2) is 119 Å². The zero-order chi connectivity index (χ0) is 22.0. The van der Waals surface area contributed by atoms with Gasteiger partial charge in [0.15, 0.2) is 0 Å². The molecule has 1 radical (unpaired) electrons. The molecule has 33 heavy (non-hydrogen) atoms. The Morgan fingerprint density at radius 2 is 1.52 bits per heavy atom. The average Bonchev–Trinajstić information content (AvgIpc) is 3.42. The number of hydrogen-bond donors (Lipinski definition) is 2. The van der Waals surface area contributed by atoms with Gasteiger partial charge in [-0.05, 0) is 93.5 Å². The van der Waals surface area contributed by atoms with Crippen molar-refractivity contribution in [1.29, 1.82) is 0 Å². The number of sulfonamides is 1. The molecule has 0 saturated carbocycles. The van der Waals surface area contributed by atoms with Gasteiger partial charge in [0.05, 0.1) is 5.25 Å². The summed E-state index contributed by atoms with van der Waals surface area (Å²) in [6, 6.07) is 2.96. The van der Waals surface area contributed by atoms with Crippen molar-refractivity contribution in [2.24, 2.45) is 0 Å². The molecule has 3 aliphatic heterocycles. The monoisotopic (exact) mass is 497 g/mol. The summed E-state index contributed by atoms with van der Waals surface area (Å²) in [6.45, 7) is 2.16. The van der Waals surface area contributed by atoms with Gasteiger partial charge in [-0.1, -0.05) is 6.07 Å². The molecular formula is C24H34KN4O3S. The van der Waals surface area contributed by atoms with Crippen molar-refractivity contribution in [3.8, 4) is 0 Å². The van der Waals surface area contributed by atoms with Crippen LogP contribution in [0.15, 0.2) is 6.07 Å². The van der Waals surface area contributed by atoms with E-state index in [1.165, 1.54) is 22.3 Å². The fraction of sp³-hybridized carbons (Fsp3) is 0.708. The van der Waals surface area contributed by atoms with Crippen molar-refractivity contribution < 1.29 is 13.2 Å². The van der Waals surface area contributed by atoms with E-state index in [1.54, 1.807) is 0 Å². The van der Waals surface area contributed by atoms with Crippen molar-refractivity contribution in [1.82, 2.24) is 14.5 Å². The molecule has 2 bridgehead atoms. The Hall–Kier alpha value is -0.00364. The van der Waals surface area contributed by atoms with Gasteiger partial charge in [-0.25, -0.2) is 17.9 Å². The molecule has 1 aromatic carbocycles. The Bertz CT molecular complexity index is 1010. The van der Waals surface area contributed by atoms with E-state index in [1.807, 2.05) is 0 Å². The molecule has 0 spiro atoms. The molecule has 0 aromatic heterocycles. The predicted molar refractivity (Wildman–Crippen MR) is 130 cm³/mol. The largest absolute Gasteiger partial charge is 0.332 e. The first-order valence-corrected chi connectivity index (χ1v) is 13.9. The molecule has 3 heterocycles. The fourth-order valence-electron chi connectivity index (χ4n) is 7.19. The van der Waals surface area contributed by atoms with E-state index in [0.29, 0.717) is 31.0 Å². The molecule has 2 N–H and O–H groups in total. The Morgan fingerprint density at radius 1 is 0.939 bits per heavy atom. The number of carbonyl (C=O) groups excluding carboxylic acids is 1. The maximum atomic E-state index is 13.2. The molecule has 2 atom stereocenters. The first-order chi connectivity index (χ1) is 15.4. The van der Waals surface area contributed by atoms with E-state index in [4.69, 9.17) is 0 Å². The first kappa shape index (κ1) is 24.7. The van der Waals surface area contributed by atoms with Crippen LogP contribution >= 0.6 is 0 Å². The van der Waals surface area contributed by atoms with Crippen molar-refractivity contribution in [2.75, 3.05) is 25.5 Å². The second-order valence-corrected chi connectivity index (χ2v) is 12.6. The summed E-state index contributed by atoms with van der Waals surface area (Å²) in [4.78, 5) is 17.8. The normalized spacial score (nSPS) is 29.2. The maximum Gasteiger partial charge on any atom is 0.332 e. The molecule has 3 fully saturated rings. The molecule has 9 heteroatoms. The number of carbonyl (C=O) groups is 1. The molecule has 2 unspecified atom stereocenters. The molecule has 3 saturated heterocycles. The number of amides is 2. The maximum absolute atomic E-state index is 13.2. The molecule has 1 aromatic rings. The minimum Gasteiger partial charge on any atom is -0.307 e. The van der Waals surface area contributed by atoms with Crippen LogP contribution in [0.3, 0.4) is 0 Å². The third-order valence-electron chi connectivity index (χ3n) is 8.60. The fourth-order valence-corrected chi connectivity index (χ4v) is 8.61. The van der Waals surface area contributed by atoms with Gasteiger partial charge < -0.3 is 10.2 Å². The number of fused-ring (bicyclic) bond motifs is 4. The van der Waals surface area contributed by atoms with Crippen LogP contribution in [0.1, 0.15) is 60.8 Å². The van der Waals surface area contributed by atoms with Gasteiger partial charge in [-0.2, -0.15) is 0 Å². The summed E-state index contributed by atoms with van der Waals surface area (Å²) < 4.78 is 28.8. The van der Waals surface area contributed by atoms with Crippen LogP contribution in [0.5, 0.6) is 0 Å². The van der Waals surface area contributed by atoms with Gasteiger partial charge >= 0.3 is 6.03 Å². The topological polar surface area (TPSA) is 81.8 Å². The number of nitrogens with zero attached hydrogens (tertiary/aromatic N) is 2. The summed E-state index contributed by atoms with van der Waals surface area (Å²) >= 11 is 0. The smallest absolute Gasteiger partial charge is 0.307 e. The van der Waals surface area contributed by atoms with Crippen molar-refractivity contribution in [3.63, 3.8) is 0 Å². The molecular weight excluding hydrogens is 463 g/mol. The summed E-state index contributed by atoms with van der Waals surface area (Å²) in [5, 5.41) is 2.50. The summed E-state index contributed by atoms with van der Waals surface area (Å²) in [6.07, 6.45) is 9.65. The number of hydrogen-bond acceptors (Lipinski definition) is 5. The number of piperidine rings is 1. The SMILES string of the molecule is CN1CC(N2C3CCC2CC(S(=O)(=O)NC(=O)Nc2c4c(cc5c2CCC5)CCC4)C3)C1.[K]. The molecule has 2 aliphatic carbocycles. The molecule has 7 nitrogen and oxygen atoms in total. The van der Waals surface area contributed by atoms with Gasteiger partial charge in [0, 0.05) is 88.3 Å². The number of rotatable bonds is 4. The van der Waals surface area contributed by atoms with Gasteiger partial charge in [0.2, 0.25) is 10.0 Å². The third kappa shape index (κ3) is 4.50. The zero-order valence-electron chi connectivity index (χ0n) is 19.9. The van der Waals surface area contributed by atoms with Crippen LogP contribution < -0.4 is 10.0 Å². The number of anilines is 1. The number of likely N-dealkylation sites (N-methyl/N-ethyl adjacent to an activating group) is 1. The van der Waals surface area contributed by atoms with Crippen LogP contribution in [0, 0.1) is 0 Å². The summed E-state index contributed by atoms with van der Waals surface area (Å²) in [7, 11) is -1.57. The second kappa shape index (κ2) is 9.46. The van der Waals surface area contributed by atoms with E-state index in [-0.39, 0.29) is 51.4 Å². The van der Waals surface area contributed by atoms with Crippen molar-refractivity contribution >= 4 is 73.1 Å². The molecule has 5 aliphatic rings. The molecule has 175 valence electrons. The number of nitrogens with one attached hydrogen (secondary N) is 2. The Balaban J connectivity index is 0.00000228. The zero-order valence-corrected chi connectivity index (χ0v) is 23.8. The predicted octanol–water partition coefficient (Wildman–Crippen LogP) is 2.04. The molecule has 2 amide bonds. The van der Waals surface area contributed by atoms with Gasteiger partial charge in [0.25, 0.3) is 0 Å². The summed E-state index contributed by atoms with van der Waals surface area (Å²) in [5.41, 5.74) is 5.98. The number of urea groups is 1. The average molecular weight is 498 g/mol. The number of benzene rings is 1. The minimum absolute atomic E-state index is 0. The van der Waals surface area contributed by atoms with Crippen LogP contribution in [0.25, 0.3) is 0 Å². The quantitative estimate of drug-likeness (QED) is 0.623. The van der Waals surface area contributed by atoms with Crippen LogP contribution in [-0.2, 0) is 35.7 Å².